The van der Waals surface area contributed by atoms with E-state index in [0.29, 0.717) is 11.4 Å². The molecule has 0 aliphatic heterocycles. The van der Waals surface area contributed by atoms with E-state index in [9.17, 15) is 18.4 Å². The first-order chi connectivity index (χ1) is 11.4. The average Bonchev–Trinajstić information content (AvgIpc) is 2.52. The van der Waals surface area contributed by atoms with Gasteiger partial charge in [-0.05, 0) is 42.5 Å². The Morgan fingerprint density at radius 3 is 2.42 bits per heavy atom. The summed E-state index contributed by atoms with van der Waals surface area (Å²) < 4.78 is 31.7. The molecule has 0 atom stereocenters. The standard InChI is InChI=1S/C17H16F2N2O3/c1-11(22)20-13-4-7-15(19)16(10-13)21-17(23)8-9-24-14-5-2-12(18)3-6-14/h2-7,10H,8-9H2,1H3,(H,20,22)(H,21,23). The number of nitrogens with one attached hydrogen (secondary N) is 2. The second-order valence-corrected chi connectivity index (χ2v) is 4.98. The summed E-state index contributed by atoms with van der Waals surface area (Å²) in [4.78, 5) is 22.8. The Hall–Kier alpha value is -2.96. The molecular weight excluding hydrogens is 318 g/mol. The minimum atomic E-state index is -0.614. The van der Waals surface area contributed by atoms with Gasteiger partial charge >= 0.3 is 0 Å². The molecule has 2 amide bonds. The van der Waals surface area contributed by atoms with Crippen molar-refractivity contribution in [3.8, 4) is 5.75 Å². The van der Waals surface area contributed by atoms with Crippen LogP contribution in [0.1, 0.15) is 13.3 Å². The quantitative estimate of drug-likeness (QED) is 0.851. The van der Waals surface area contributed by atoms with Gasteiger partial charge in [-0.2, -0.15) is 0 Å². The normalized spacial score (nSPS) is 10.1. The summed E-state index contributed by atoms with van der Waals surface area (Å²) in [6.07, 6.45) is -0.0127. The Morgan fingerprint density at radius 1 is 1.04 bits per heavy atom. The van der Waals surface area contributed by atoms with Gasteiger partial charge in [0.25, 0.3) is 0 Å². The summed E-state index contributed by atoms with van der Waals surface area (Å²) in [6.45, 7) is 1.39. The summed E-state index contributed by atoms with van der Waals surface area (Å²) in [5, 5.41) is 4.92. The minimum Gasteiger partial charge on any atom is -0.493 e. The largest absolute Gasteiger partial charge is 0.493 e. The van der Waals surface area contributed by atoms with Crippen LogP contribution >= 0.6 is 0 Å². The van der Waals surface area contributed by atoms with Crippen molar-refractivity contribution in [2.24, 2.45) is 0 Å². The van der Waals surface area contributed by atoms with Crippen molar-refractivity contribution < 1.29 is 23.1 Å². The topological polar surface area (TPSA) is 67.4 Å². The van der Waals surface area contributed by atoms with Crippen molar-refractivity contribution in [3.05, 3.63) is 54.1 Å². The number of benzene rings is 2. The molecule has 0 aromatic heterocycles. The Kier molecular flexibility index (Phi) is 5.83. The van der Waals surface area contributed by atoms with Gasteiger partial charge < -0.3 is 15.4 Å². The maximum Gasteiger partial charge on any atom is 0.227 e. The van der Waals surface area contributed by atoms with Crippen LogP contribution in [0, 0.1) is 11.6 Å². The Bertz CT molecular complexity index is 733. The fourth-order valence-corrected chi connectivity index (χ4v) is 1.91. The summed E-state index contributed by atoms with van der Waals surface area (Å²) in [5.74, 6) is -1.31. The van der Waals surface area contributed by atoms with Crippen LogP contribution in [0.15, 0.2) is 42.5 Å². The number of carbonyl (C=O) groups excluding carboxylic acids is 2. The number of hydrogen-bond donors (Lipinski definition) is 2. The lowest BCUT2D eigenvalue weighted by atomic mass is 10.2. The van der Waals surface area contributed by atoms with Gasteiger partial charge in [0.05, 0.1) is 18.7 Å². The van der Waals surface area contributed by atoms with E-state index in [0.717, 1.165) is 6.07 Å². The fourth-order valence-electron chi connectivity index (χ4n) is 1.91. The number of anilines is 2. The van der Waals surface area contributed by atoms with Gasteiger partial charge in [-0.25, -0.2) is 8.78 Å². The summed E-state index contributed by atoms with van der Waals surface area (Å²) in [5.41, 5.74) is 0.342. The Morgan fingerprint density at radius 2 is 1.75 bits per heavy atom. The van der Waals surface area contributed by atoms with Gasteiger partial charge in [0.2, 0.25) is 11.8 Å². The molecule has 2 aromatic carbocycles. The summed E-state index contributed by atoms with van der Waals surface area (Å²) in [6, 6.07) is 9.26. The molecule has 0 bridgehead atoms. The zero-order valence-corrected chi connectivity index (χ0v) is 12.9. The number of carbonyl (C=O) groups is 2. The molecule has 0 saturated carbocycles. The van der Waals surface area contributed by atoms with Crippen molar-refractivity contribution in [1.82, 2.24) is 0 Å². The van der Waals surface area contributed by atoms with Crippen molar-refractivity contribution in [2.75, 3.05) is 17.2 Å². The first-order valence-electron chi connectivity index (χ1n) is 7.19. The molecule has 0 unspecified atom stereocenters. The number of amides is 2. The molecule has 0 aliphatic rings. The van der Waals surface area contributed by atoms with Crippen LogP contribution in [0.25, 0.3) is 0 Å². The number of ether oxygens (including phenoxy) is 1. The molecular formula is C17H16F2N2O3. The van der Waals surface area contributed by atoms with Gasteiger partial charge in [-0.1, -0.05) is 0 Å². The molecule has 0 fully saturated rings. The van der Waals surface area contributed by atoms with Crippen LogP contribution in [0.4, 0.5) is 20.2 Å². The third-order valence-electron chi connectivity index (χ3n) is 2.97. The SMILES string of the molecule is CC(=O)Nc1ccc(F)c(NC(=O)CCOc2ccc(F)cc2)c1. The first-order valence-corrected chi connectivity index (χ1v) is 7.19. The maximum atomic E-state index is 13.7. The van der Waals surface area contributed by atoms with Crippen LogP contribution < -0.4 is 15.4 Å². The van der Waals surface area contributed by atoms with Gasteiger partial charge in [0.15, 0.2) is 0 Å². The summed E-state index contributed by atoms with van der Waals surface area (Å²) in [7, 11) is 0. The fraction of sp³-hybridized carbons (Fsp3) is 0.176. The average molecular weight is 334 g/mol. The number of halogens is 2. The highest BCUT2D eigenvalue weighted by atomic mass is 19.1. The van der Waals surface area contributed by atoms with E-state index in [-0.39, 0.29) is 30.4 Å². The van der Waals surface area contributed by atoms with Gasteiger partial charge in [-0.15, -0.1) is 0 Å². The molecule has 0 saturated heterocycles. The van der Waals surface area contributed by atoms with E-state index in [1.54, 1.807) is 0 Å². The molecule has 2 rings (SSSR count). The van der Waals surface area contributed by atoms with E-state index in [1.165, 1.54) is 43.3 Å². The third-order valence-corrected chi connectivity index (χ3v) is 2.97. The van der Waals surface area contributed by atoms with E-state index < -0.39 is 11.7 Å². The lowest BCUT2D eigenvalue weighted by molar-refractivity contribution is -0.116. The summed E-state index contributed by atoms with van der Waals surface area (Å²) >= 11 is 0. The van der Waals surface area contributed by atoms with Crippen LogP contribution in [0.3, 0.4) is 0 Å². The molecule has 126 valence electrons. The van der Waals surface area contributed by atoms with Crippen LogP contribution in [0.2, 0.25) is 0 Å². The van der Waals surface area contributed by atoms with Crippen LogP contribution in [-0.4, -0.2) is 18.4 Å². The molecule has 0 heterocycles. The third kappa shape index (κ3) is 5.35. The van der Waals surface area contributed by atoms with Gasteiger partial charge in [0.1, 0.15) is 17.4 Å². The molecule has 0 aliphatic carbocycles. The van der Waals surface area contributed by atoms with Crippen molar-refractivity contribution in [3.63, 3.8) is 0 Å². The van der Waals surface area contributed by atoms with Gasteiger partial charge in [-0.3, -0.25) is 9.59 Å². The molecule has 5 nitrogen and oxygen atoms in total. The monoisotopic (exact) mass is 334 g/mol. The molecule has 2 aromatic rings. The zero-order chi connectivity index (χ0) is 17.5. The first kappa shape index (κ1) is 17.4. The van der Waals surface area contributed by atoms with E-state index in [4.69, 9.17) is 4.74 Å². The highest BCUT2D eigenvalue weighted by Crippen LogP contribution is 2.20. The Labute approximate surface area is 137 Å². The zero-order valence-electron chi connectivity index (χ0n) is 12.9. The van der Waals surface area contributed by atoms with E-state index >= 15 is 0 Å². The Balaban J connectivity index is 1.87. The second kappa shape index (κ2) is 8.05. The molecule has 0 radical (unpaired) electrons. The maximum absolute atomic E-state index is 13.7. The van der Waals surface area contributed by atoms with Gasteiger partial charge in [0, 0.05) is 12.6 Å². The van der Waals surface area contributed by atoms with Crippen molar-refractivity contribution in [1.29, 1.82) is 0 Å². The lowest BCUT2D eigenvalue weighted by Gasteiger charge is -2.10. The highest BCUT2D eigenvalue weighted by molar-refractivity contribution is 5.93. The molecule has 0 spiro atoms. The smallest absolute Gasteiger partial charge is 0.227 e. The van der Waals surface area contributed by atoms with Crippen LogP contribution in [-0.2, 0) is 9.59 Å². The highest BCUT2D eigenvalue weighted by Gasteiger charge is 2.09. The molecule has 7 heteroatoms. The molecule has 2 N–H and O–H groups in total. The lowest BCUT2D eigenvalue weighted by Crippen LogP contribution is -2.16. The van der Waals surface area contributed by atoms with Crippen LogP contribution in [0.5, 0.6) is 5.75 Å². The van der Waals surface area contributed by atoms with E-state index in [2.05, 4.69) is 10.6 Å². The van der Waals surface area contributed by atoms with Crippen molar-refractivity contribution >= 4 is 23.2 Å². The molecule has 24 heavy (non-hydrogen) atoms. The van der Waals surface area contributed by atoms with E-state index in [1.807, 2.05) is 0 Å². The number of hydrogen-bond acceptors (Lipinski definition) is 3. The predicted molar refractivity (Wildman–Crippen MR) is 85.8 cm³/mol. The van der Waals surface area contributed by atoms with Crippen molar-refractivity contribution in [2.45, 2.75) is 13.3 Å². The number of rotatable bonds is 6. The predicted octanol–water partition coefficient (Wildman–Crippen LogP) is 3.33. The minimum absolute atomic E-state index is 0.0127. The second-order valence-electron chi connectivity index (χ2n) is 4.98.